The number of aliphatic hydroxyl groups is 1. The lowest BCUT2D eigenvalue weighted by atomic mass is 9.46. The largest absolute Gasteiger partial charge is 0.393 e. The fourth-order valence-corrected chi connectivity index (χ4v) is 4.75. The second-order valence-electron chi connectivity index (χ2n) is 6.64. The lowest BCUT2D eigenvalue weighted by Gasteiger charge is -2.59. The highest BCUT2D eigenvalue weighted by molar-refractivity contribution is 5.11. The van der Waals surface area contributed by atoms with Crippen molar-refractivity contribution in [2.75, 3.05) is 0 Å². The summed E-state index contributed by atoms with van der Waals surface area (Å²) in [6, 6.07) is 0. The Bertz CT molecular complexity index is 248. The van der Waals surface area contributed by atoms with Crippen molar-refractivity contribution in [1.82, 2.24) is 0 Å². The first-order chi connectivity index (χ1) is 7.54. The third-order valence-electron chi connectivity index (χ3n) is 5.72. The fourth-order valence-electron chi connectivity index (χ4n) is 4.75. The maximum Gasteiger partial charge on any atom is 0.0515 e. The molecule has 0 saturated heterocycles. The molecule has 4 atom stereocenters. The monoisotopic (exact) mass is 224 g/mol. The average molecular weight is 224 g/mol. The van der Waals surface area contributed by atoms with Crippen LogP contribution in [0.25, 0.3) is 0 Å². The molecule has 2 fully saturated rings. The second kappa shape index (κ2) is 4.33. The summed E-state index contributed by atoms with van der Waals surface area (Å²) in [7, 11) is 0. The molecule has 2 unspecified atom stereocenters. The number of rotatable bonds is 5. The molecule has 0 aromatic heterocycles. The van der Waals surface area contributed by atoms with Crippen molar-refractivity contribution < 1.29 is 5.11 Å². The van der Waals surface area contributed by atoms with Crippen LogP contribution in [0, 0.1) is 16.7 Å². The molecule has 0 amide bonds. The lowest BCUT2D eigenvalue weighted by Crippen LogP contribution is -2.50. The van der Waals surface area contributed by atoms with Gasteiger partial charge < -0.3 is 5.11 Å². The molecule has 16 heavy (non-hydrogen) atoms. The summed E-state index contributed by atoms with van der Waals surface area (Å²) in [5, 5.41) is 9.72. The van der Waals surface area contributed by atoms with Crippen LogP contribution in [0.5, 0.6) is 0 Å². The van der Waals surface area contributed by atoms with Crippen LogP contribution in [0.15, 0.2) is 0 Å². The van der Waals surface area contributed by atoms with Crippen LogP contribution >= 0.6 is 0 Å². The normalized spacial score (nSPS) is 41.2. The smallest absolute Gasteiger partial charge is 0.0515 e. The van der Waals surface area contributed by atoms with E-state index in [0.29, 0.717) is 10.8 Å². The van der Waals surface area contributed by atoms with Gasteiger partial charge in [0.05, 0.1) is 6.10 Å². The summed E-state index contributed by atoms with van der Waals surface area (Å²) >= 11 is 0. The Hall–Kier alpha value is -0.0400. The maximum atomic E-state index is 9.72. The summed E-state index contributed by atoms with van der Waals surface area (Å²) in [5.41, 5.74) is 1.24. The molecule has 0 aromatic rings. The first-order valence-corrected chi connectivity index (χ1v) is 7.22. The molecule has 2 aliphatic rings. The second-order valence-corrected chi connectivity index (χ2v) is 6.64. The van der Waals surface area contributed by atoms with E-state index in [1.165, 1.54) is 44.9 Å². The molecule has 2 rings (SSSR count). The van der Waals surface area contributed by atoms with Gasteiger partial charge >= 0.3 is 0 Å². The average Bonchev–Trinajstić information content (AvgIpc) is 2.41. The Balaban J connectivity index is 2.12. The topological polar surface area (TPSA) is 20.2 Å². The van der Waals surface area contributed by atoms with Gasteiger partial charge in [0.15, 0.2) is 0 Å². The Morgan fingerprint density at radius 1 is 1.19 bits per heavy atom. The molecule has 2 aliphatic carbocycles. The predicted octanol–water partition coefficient (Wildman–Crippen LogP) is 4.14. The molecule has 0 spiro atoms. The van der Waals surface area contributed by atoms with Crippen molar-refractivity contribution in [1.29, 1.82) is 0 Å². The first kappa shape index (κ1) is 12.4. The van der Waals surface area contributed by atoms with E-state index in [2.05, 4.69) is 13.8 Å². The number of fused-ring (bicyclic) bond motifs is 1. The van der Waals surface area contributed by atoms with Crippen LogP contribution < -0.4 is 0 Å². The summed E-state index contributed by atoms with van der Waals surface area (Å²) in [6.45, 7) is 6.76. The summed E-state index contributed by atoms with van der Waals surface area (Å²) < 4.78 is 0. The number of hydrogen-bond donors (Lipinski definition) is 1. The van der Waals surface area contributed by atoms with Gasteiger partial charge in [-0.05, 0) is 55.8 Å². The zero-order valence-corrected chi connectivity index (χ0v) is 11.3. The van der Waals surface area contributed by atoms with Crippen molar-refractivity contribution >= 4 is 0 Å². The molecular formula is C15H28O. The Morgan fingerprint density at radius 2 is 1.94 bits per heavy atom. The van der Waals surface area contributed by atoms with E-state index in [9.17, 15) is 5.11 Å². The molecule has 2 saturated carbocycles. The van der Waals surface area contributed by atoms with Gasteiger partial charge in [0.2, 0.25) is 0 Å². The number of hydrogen-bond acceptors (Lipinski definition) is 1. The highest BCUT2D eigenvalue weighted by Gasteiger charge is 2.61. The highest BCUT2D eigenvalue weighted by Crippen LogP contribution is 2.70. The molecule has 1 nitrogen and oxygen atoms in total. The Kier molecular flexibility index (Phi) is 3.36. The van der Waals surface area contributed by atoms with E-state index in [-0.39, 0.29) is 6.10 Å². The van der Waals surface area contributed by atoms with E-state index in [1.54, 1.807) is 0 Å². The number of aliphatic hydroxyl groups excluding tert-OH is 1. The standard InChI is InChI=1S/C15H28O/c1-4-6-13(11-12(2)16)15-8-5-7-14(15,3)9-10-15/h12-13,16H,4-11H2,1-3H3/t12?,13-,14?,15-/m0/s1. The quantitative estimate of drug-likeness (QED) is 0.744. The first-order valence-electron chi connectivity index (χ1n) is 7.22. The van der Waals surface area contributed by atoms with Gasteiger partial charge in [-0.3, -0.25) is 0 Å². The van der Waals surface area contributed by atoms with Crippen molar-refractivity contribution in [2.24, 2.45) is 16.7 Å². The lowest BCUT2D eigenvalue weighted by molar-refractivity contribution is -0.0990. The minimum absolute atomic E-state index is 0.114. The minimum Gasteiger partial charge on any atom is -0.393 e. The third kappa shape index (κ3) is 1.72. The Morgan fingerprint density at radius 3 is 2.38 bits per heavy atom. The molecule has 0 aliphatic heterocycles. The van der Waals surface area contributed by atoms with Gasteiger partial charge in [-0.25, -0.2) is 0 Å². The zero-order valence-electron chi connectivity index (χ0n) is 11.3. The van der Waals surface area contributed by atoms with Crippen LogP contribution in [-0.4, -0.2) is 11.2 Å². The summed E-state index contributed by atoms with van der Waals surface area (Å²) in [4.78, 5) is 0. The van der Waals surface area contributed by atoms with Gasteiger partial charge in [0.1, 0.15) is 0 Å². The van der Waals surface area contributed by atoms with E-state index < -0.39 is 0 Å². The molecule has 0 bridgehead atoms. The van der Waals surface area contributed by atoms with E-state index in [1.807, 2.05) is 6.92 Å². The molecule has 0 radical (unpaired) electrons. The predicted molar refractivity (Wildman–Crippen MR) is 68.3 cm³/mol. The van der Waals surface area contributed by atoms with Crippen molar-refractivity contribution in [2.45, 2.75) is 78.2 Å². The highest BCUT2D eigenvalue weighted by atomic mass is 16.3. The van der Waals surface area contributed by atoms with Crippen LogP contribution in [0.4, 0.5) is 0 Å². The van der Waals surface area contributed by atoms with Crippen LogP contribution in [0.1, 0.15) is 72.1 Å². The van der Waals surface area contributed by atoms with Crippen LogP contribution in [0.3, 0.4) is 0 Å². The maximum absolute atomic E-state index is 9.72. The zero-order chi connectivity index (χ0) is 11.8. The van der Waals surface area contributed by atoms with Gasteiger partial charge in [-0.1, -0.05) is 33.1 Å². The molecule has 1 N–H and O–H groups in total. The minimum atomic E-state index is -0.114. The van der Waals surface area contributed by atoms with Crippen molar-refractivity contribution in [3.8, 4) is 0 Å². The molecular weight excluding hydrogens is 196 g/mol. The van der Waals surface area contributed by atoms with Crippen molar-refractivity contribution in [3.63, 3.8) is 0 Å². The SMILES string of the molecule is CCC[C@@H](CC(C)O)[C@@]12CCCC1(C)CC2. The molecule has 1 heteroatoms. The van der Waals surface area contributed by atoms with Gasteiger partial charge in [0.25, 0.3) is 0 Å². The molecule has 0 heterocycles. The van der Waals surface area contributed by atoms with Crippen molar-refractivity contribution in [3.05, 3.63) is 0 Å². The van der Waals surface area contributed by atoms with Crippen LogP contribution in [-0.2, 0) is 0 Å². The fraction of sp³-hybridized carbons (Fsp3) is 1.00. The molecule has 94 valence electrons. The van der Waals surface area contributed by atoms with Gasteiger partial charge in [-0.2, -0.15) is 0 Å². The van der Waals surface area contributed by atoms with Gasteiger partial charge in [-0.15, -0.1) is 0 Å². The van der Waals surface area contributed by atoms with E-state index in [4.69, 9.17) is 0 Å². The third-order valence-corrected chi connectivity index (χ3v) is 5.72. The van der Waals surface area contributed by atoms with E-state index in [0.717, 1.165) is 12.3 Å². The van der Waals surface area contributed by atoms with Gasteiger partial charge in [0, 0.05) is 0 Å². The summed E-state index contributed by atoms with van der Waals surface area (Å²) in [5.74, 6) is 0.777. The van der Waals surface area contributed by atoms with Crippen LogP contribution in [0.2, 0.25) is 0 Å². The summed E-state index contributed by atoms with van der Waals surface area (Å²) in [6.07, 6.45) is 10.7. The van der Waals surface area contributed by atoms with E-state index >= 15 is 0 Å². The Labute approximate surface area is 101 Å². The molecule has 0 aromatic carbocycles.